The minimum absolute atomic E-state index is 0.0340. The third-order valence-corrected chi connectivity index (χ3v) is 6.06. The number of carbonyl (C=O) groups excluding carboxylic acids is 1. The summed E-state index contributed by atoms with van der Waals surface area (Å²) in [4.78, 5) is 20.6. The first-order valence-electron chi connectivity index (χ1n) is 9.91. The van der Waals surface area contributed by atoms with E-state index in [1.807, 2.05) is 42.5 Å². The fourth-order valence-corrected chi connectivity index (χ4v) is 4.19. The molecule has 4 nitrogen and oxygen atoms in total. The van der Waals surface area contributed by atoms with Crippen LogP contribution in [-0.2, 0) is 0 Å². The highest BCUT2D eigenvalue weighted by molar-refractivity contribution is 7.99. The largest absolute Gasteiger partial charge is 0.352 e. The van der Waals surface area contributed by atoms with Crippen LogP contribution in [0, 0.1) is 5.92 Å². The summed E-state index contributed by atoms with van der Waals surface area (Å²) in [6.07, 6.45) is 6.52. The summed E-state index contributed by atoms with van der Waals surface area (Å²) in [5.74, 6) is 0.844. The van der Waals surface area contributed by atoms with Gasteiger partial charge in [-0.3, -0.25) is 4.79 Å². The van der Waals surface area contributed by atoms with Crippen molar-refractivity contribution in [2.45, 2.75) is 42.5 Å². The van der Waals surface area contributed by atoms with E-state index in [2.05, 4.69) is 22.1 Å². The molecule has 2 heterocycles. The molecular formula is C22H29N3OS. The van der Waals surface area contributed by atoms with E-state index in [0.29, 0.717) is 12.1 Å². The molecule has 1 N–H and O–H groups in total. The van der Waals surface area contributed by atoms with Gasteiger partial charge in [0, 0.05) is 17.6 Å². The third kappa shape index (κ3) is 6.36. The fourth-order valence-electron chi connectivity index (χ4n) is 3.29. The molecule has 3 rings (SSSR count). The van der Waals surface area contributed by atoms with E-state index in [1.165, 1.54) is 37.7 Å². The van der Waals surface area contributed by atoms with Crippen LogP contribution >= 0.6 is 11.8 Å². The Hall–Kier alpha value is -1.85. The Morgan fingerprint density at radius 2 is 1.93 bits per heavy atom. The van der Waals surface area contributed by atoms with Crippen LogP contribution in [0.15, 0.2) is 58.6 Å². The van der Waals surface area contributed by atoms with Gasteiger partial charge < -0.3 is 10.2 Å². The van der Waals surface area contributed by atoms with Crippen molar-refractivity contribution in [1.29, 1.82) is 0 Å². The predicted octanol–water partition coefficient (Wildman–Crippen LogP) is 4.47. The third-order valence-electron chi connectivity index (χ3n) is 5.04. The maximum Gasteiger partial charge on any atom is 0.254 e. The van der Waals surface area contributed by atoms with E-state index in [4.69, 9.17) is 0 Å². The quantitative estimate of drug-likeness (QED) is 0.683. The van der Waals surface area contributed by atoms with E-state index < -0.39 is 0 Å². The van der Waals surface area contributed by atoms with Crippen LogP contribution in [0.25, 0.3) is 0 Å². The zero-order valence-electron chi connectivity index (χ0n) is 16.1. The van der Waals surface area contributed by atoms with Crippen molar-refractivity contribution < 1.29 is 4.79 Å². The molecule has 0 aliphatic carbocycles. The molecule has 2 aromatic rings. The van der Waals surface area contributed by atoms with Gasteiger partial charge in [0.1, 0.15) is 5.03 Å². The number of rotatable bonds is 8. The lowest BCUT2D eigenvalue weighted by molar-refractivity contribution is 0.0948. The topological polar surface area (TPSA) is 45.2 Å². The van der Waals surface area contributed by atoms with E-state index >= 15 is 0 Å². The number of pyridine rings is 1. The Morgan fingerprint density at radius 3 is 2.70 bits per heavy atom. The van der Waals surface area contributed by atoms with Crippen molar-refractivity contribution in [3.8, 4) is 0 Å². The molecule has 0 saturated carbocycles. The summed E-state index contributed by atoms with van der Waals surface area (Å²) in [7, 11) is 0. The van der Waals surface area contributed by atoms with Gasteiger partial charge in [-0.25, -0.2) is 4.98 Å². The summed E-state index contributed by atoms with van der Waals surface area (Å²) >= 11 is 1.53. The zero-order chi connectivity index (χ0) is 18.9. The minimum Gasteiger partial charge on any atom is -0.352 e. The maximum atomic E-state index is 12.6. The van der Waals surface area contributed by atoms with Crippen molar-refractivity contribution in [2.24, 2.45) is 5.92 Å². The SMILES string of the molecule is CC1CCN(CCCCNC(=O)c2cccnc2Sc2ccccc2)CC1. The van der Waals surface area contributed by atoms with Gasteiger partial charge in [-0.05, 0) is 75.5 Å². The lowest BCUT2D eigenvalue weighted by atomic mass is 9.99. The van der Waals surface area contributed by atoms with Crippen molar-refractivity contribution in [1.82, 2.24) is 15.2 Å². The van der Waals surface area contributed by atoms with Gasteiger partial charge in [-0.1, -0.05) is 36.9 Å². The van der Waals surface area contributed by atoms with Crippen molar-refractivity contribution in [3.05, 3.63) is 54.2 Å². The summed E-state index contributed by atoms with van der Waals surface area (Å²) in [6, 6.07) is 13.7. The maximum absolute atomic E-state index is 12.6. The average Bonchev–Trinajstić information content (AvgIpc) is 2.70. The number of hydrogen-bond acceptors (Lipinski definition) is 4. The van der Waals surface area contributed by atoms with Gasteiger partial charge in [-0.2, -0.15) is 0 Å². The Labute approximate surface area is 166 Å². The number of hydrogen-bond donors (Lipinski definition) is 1. The van der Waals surface area contributed by atoms with Crippen LogP contribution in [0.1, 0.15) is 43.0 Å². The second-order valence-corrected chi connectivity index (χ2v) is 8.32. The van der Waals surface area contributed by atoms with Crippen molar-refractivity contribution in [2.75, 3.05) is 26.2 Å². The van der Waals surface area contributed by atoms with Gasteiger partial charge in [0.25, 0.3) is 5.91 Å². The highest BCUT2D eigenvalue weighted by Gasteiger charge is 2.15. The fraction of sp³-hybridized carbons (Fsp3) is 0.455. The van der Waals surface area contributed by atoms with Gasteiger partial charge in [0.05, 0.1) is 5.56 Å². The predicted molar refractivity (Wildman–Crippen MR) is 111 cm³/mol. The monoisotopic (exact) mass is 383 g/mol. The van der Waals surface area contributed by atoms with Crippen LogP contribution in [-0.4, -0.2) is 42.0 Å². The summed E-state index contributed by atoms with van der Waals surface area (Å²) < 4.78 is 0. The number of nitrogens with one attached hydrogen (secondary N) is 1. The molecule has 5 heteroatoms. The van der Waals surface area contributed by atoms with Gasteiger partial charge in [0.2, 0.25) is 0 Å². The summed E-state index contributed by atoms with van der Waals surface area (Å²) in [6.45, 7) is 6.65. The van der Waals surface area contributed by atoms with Crippen LogP contribution in [0.4, 0.5) is 0 Å². The van der Waals surface area contributed by atoms with E-state index in [0.717, 1.165) is 35.2 Å². The molecular weight excluding hydrogens is 354 g/mol. The van der Waals surface area contributed by atoms with Crippen LogP contribution < -0.4 is 5.32 Å². The number of amides is 1. The van der Waals surface area contributed by atoms with Gasteiger partial charge in [-0.15, -0.1) is 0 Å². The lowest BCUT2D eigenvalue weighted by Gasteiger charge is -2.30. The molecule has 1 amide bonds. The molecule has 0 radical (unpaired) electrons. The zero-order valence-corrected chi connectivity index (χ0v) is 16.9. The van der Waals surface area contributed by atoms with Crippen LogP contribution in [0.2, 0.25) is 0 Å². The number of unbranched alkanes of at least 4 members (excludes halogenated alkanes) is 1. The summed E-state index contributed by atoms with van der Waals surface area (Å²) in [5.41, 5.74) is 0.649. The number of piperidine rings is 1. The molecule has 144 valence electrons. The Kier molecular flexibility index (Phi) is 7.72. The first-order chi connectivity index (χ1) is 13.2. The number of carbonyl (C=O) groups is 1. The molecule has 0 bridgehead atoms. The Balaban J connectivity index is 1.43. The molecule has 0 spiro atoms. The van der Waals surface area contributed by atoms with Crippen LogP contribution in [0.5, 0.6) is 0 Å². The lowest BCUT2D eigenvalue weighted by Crippen LogP contribution is -2.34. The number of nitrogens with zero attached hydrogens (tertiary/aromatic N) is 2. The number of benzene rings is 1. The molecule has 27 heavy (non-hydrogen) atoms. The molecule has 1 saturated heterocycles. The summed E-state index contributed by atoms with van der Waals surface area (Å²) in [5, 5.41) is 3.81. The standard InChI is InChI=1S/C22H29N3OS/c1-18-11-16-25(17-12-18)15-6-5-13-23-21(26)20-10-7-14-24-22(20)27-19-8-3-2-4-9-19/h2-4,7-10,14,18H,5-6,11-13,15-17H2,1H3,(H,23,26). The second-order valence-electron chi connectivity index (χ2n) is 7.26. The number of likely N-dealkylation sites (tertiary alicyclic amines) is 1. The second kappa shape index (κ2) is 10.5. The normalized spacial score (nSPS) is 15.6. The minimum atomic E-state index is -0.0340. The number of aromatic nitrogens is 1. The Bertz CT molecular complexity index is 715. The first kappa shape index (κ1) is 19.9. The van der Waals surface area contributed by atoms with E-state index in [9.17, 15) is 4.79 Å². The molecule has 1 fully saturated rings. The molecule has 0 atom stereocenters. The Morgan fingerprint density at radius 1 is 1.15 bits per heavy atom. The van der Waals surface area contributed by atoms with E-state index in [-0.39, 0.29) is 5.91 Å². The first-order valence-corrected chi connectivity index (χ1v) is 10.7. The molecule has 1 aromatic carbocycles. The molecule has 1 aromatic heterocycles. The average molecular weight is 384 g/mol. The molecule has 1 aliphatic heterocycles. The van der Waals surface area contributed by atoms with Gasteiger partial charge in [0.15, 0.2) is 0 Å². The van der Waals surface area contributed by atoms with Crippen molar-refractivity contribution in [3.63, 3.8) is 0 Å². The van der Waals surface area contributed by atoms with E-state index in [1.54, 1.807) is 6.20 Å². The molecule has 0 unspecified atom stereocenters. The van der Waals surface area contributed by atoms with Crippen molar-refractivity contribution >= 4 is 17.7 Å². The highest BCUT2D eigenvalue weighted by atomic mass is 32.2. The molecule has 1 aliphatic rings. The highest BCUT2D eigenvalue weighted by Crippen LogP contribution is 2.28. The van der Waals surface area contributed by atoms with Crippen LogP contribution in [0.3, 0.4) is 0 Å². The smallest absolute Gasteiger partial charge is 0.254 e. The van der Waals surface area contributed by atoms with Gasteiger partial charge >= 0.3 is 0 Å².